The van der Waals surface area contributed by atoms with E-state index < -0.39 is 0 Å². The Morgan fingerprint density at radius 2 is 2.38 bits per heavy atom. The van der Waals surface area contributed by atoms with Crippen LogP contribution in [-0.2, 0) is 0 Å². The largest absolute Gasteiger partial charge is 0.492 e. The molecule has 1 fully saturated rings. The lowest BCUT2D eigenvalue weighted by Gasteiger charge is -2.21. The summed E-state index contributed by atoms with van der Waals surface area (Å²) in [4.78, 5) is 2.13. The molecule has 0 saturated carbocycles. The molecule has 16 heavy (non-hydrogen) atoms. The highest BCUT2D eigenvalue weighted by molar-refractivity contribution is 5.64. The van der Waals surface area contributed by atoms with E-state index in [0.717, 1.165) is 24.4 Å². The molecule has 4 nitrogen and oxygen atoms in total. The zero-order chi connectivity index (χ0) is 11.5. The summed E-state index contributed by atoms with van der Waals surface area (Å²) in [7, 11) is 0. The van der Waals surface area contributed by atoms with Crippen LogP contribution in [0.25, 0.3) is 0 Å². The first-order valence-corrected chi connectivity index (χ1v) is 5.66. The summed E-state index contributed by atoms with van der Waals surface area (Å²) < 4.78 is 5.56. The average Bonchev–Trinajstić information content (AvgIpc) is 2.65. The smallest absolute Gasteiger partial charge is 0.144 e. The lowest BCUT2D eigenvalue weighted by atomic mass is 10.2. The van der Waals surface area contributed by atoms with Gasteiger partial charge >= 0.3 is 0 Å². The molecule has 2 rings (SSSR count). The van der Waals surface area contributed by atoms with E-state index in [-0.39, 0.29) is 6.10 Å². The van der Waals surface area contributed by atoms with E-state index in [2.05, 4.69) is 4.90 Å². The van der Waals surface area contributed by atoms with Crippen LogP contribution in [-0.4, -0.2) is 30.9 Å². The molecular formula is C12H18N2O2. The molecule has 0 unspecified atom stereocenters. The van der Waals surface area contributed by atoms with Crippen LogP contribution in [0.5, 0.6) is 5.75 Å². The number of nitrogens with two attached hydrogens (primary N) is 1. The number of hydrogen-bond donors (Lipinski definition) is 2. The molecule has 1 aliphatic heterocycles. The Bertz CT molecular complexity index is 368. The summed E-state index contributed by atoms with van der Waals surface area (Å²) in [5.41, 5.74) is 7.46. The number of aliphatic hydroxyl groups is 1. The minimum absolute atomic E-state index is 0.230. The van der Waals surface area contributed by atoms with Crippen molar-refractivity contribution in [2.75, 3.05) is 30.3 Å². The molecule has 1 aromatic rings. The van der Waals surface area contributed by atoms with E-state index in [1.165, 1.54) is 0 Å². The lowest BCUT2D eigenvalue weighted by Crippen LogP contribution is -2.21. The van der Waals surface area contributed by atoms with E-state index >= 15 is 0 Å². The minimum Gasteiger partial charge on any atom is -0.492 e. The molecule has 0 radical (unpaired) electrons. The predicted octanol–water partition coefficient (Wildman–Crippen LogP) is 1.24. The Kier molecular flexibility index (Phi) is 3.19. The summed E-state index contributed by atoms with van der Waals surface area (Å²) in [6.07, 6.45) is 0.586. The van der Waals surface area contributed by atoms with Gasteiger partial charge in [-0.05, 0) is 25.5 Å². The van der Waals surface area contributed by atoms with Crippen LogP contribution in [0.4, 0.5) is 11.4 Å². The van der Waals surface area contributed by atoms with Gasteiger partial charge in [0.25, 0.3) is 0 Å². The molecule has 88 valence electrons. The summed E-state index contributed by atoms with van der Waals surface area (Å²) in [6, 6.07) is 5.66. The number of aliphatic hydroxyl groups excluding tert-OH is 1. The van der Waals surface area contributed by atoms with E-state index in [1.807, 2.05) is 25.1 Å². The number of ether oxygens (including phenoxy) is 1. The van der Waals surface area contributed by atoms with E-state index in [9.17, 15) is 5.11 Å². The molecule has 0 amide bonds. The summed E-state index contributed by atoms with van der Waals surface area (Å²) in [5, 5.41) is 9.53. The Morgan fingerprint density at radius 3 is 3.00 bits per heavy atom. The van der Waals surface area contributed by atoms with Gasteiger partial charge in [0.15, 0.2) is 0 Å². The number of nitrogens with zero attached hydrogens (tertiary/aromatic N) is 1. The SMILES string of the molecule is CCOc1cc(N)ccc1N1CC[C@H](O)C1. The van der Waals surface area contributed by atoms with Gasteiger partial charge in [-0.2, -0.15) is 0 Å². The van der Waals surface area contributed by atoms with Crippen LogP contribution in [0.15, 0.2) is 18.2 Å². The van der Waals surface area contributed by atoms with Crippen molar-refractivity contribution in [2.24, 2.45) is 0 Å². The Morgan fingerprint density at radius 1 is 1.56 bits per heavy atom. The van der Waals surface area contributed by atoms with Gasteiger partial charge in [-0.1, -0.05) is 0 Å². The molecule has 1 aliphatic rings. The first kappa shape index (κ1) is 11.1. The van der Waals surface area contributed by atoms with Crippen molar-refractivity contribution in [3.63, 3.8) is 0 Å². The fraction of sp³-hybridized carbons (Fsp3) is 0.500. The quantitative estimate of drug-likeness (QED) is 0.755. The van der Waals surface area contributed by atoms with E-state index in [4.69, 9.17) is 10.5 Å². The van der Waals surface area contributed by atoms with Gasteiger partial charge in [-0.3, -0.25) is 0 Å². The van der Waals surface area contributed by atoms with Gasteiger partial charge in [-0.25, -0.2) is 0 Å². The third-order valence-electron chi connectivity index (χ3n) is 2.79. The number of benzene rings is 1. The van der Waals surface area contributed by atoms with Crippen molar-refractivity contribution >= 4 is 11.4 Å². The second-order valence-electron chi connectivity index (χ2n) is 4.05. The summed E-state index contributed by atoms with van der Waals surface area (Å²) >= 11 is 0. The van der Waals surface area contributed by atoms with Gasteiger partial charge in [0, 0.05) is 24.8 Å². The molecule has 0 aliphatic carbocycles. The van der Waals surface area contributed by atoms with Crippen LogP contribution in [0.3, 0.4) is 0 Å². The Labute approximate surface area is 95.6 Å². The first-order valence-electron chi connectivity index (χ1n) is 5.66. The fourth-order valence-corrected chi connectivity index (χ4v) is 2.02. The standard InChI is InChI=1S/C12H18N2O2/c1-2-16-12-7-9(13)3-4-11(12)14-6-5-10(15)8-14/h3-4,7,10,15H,2,5-6,8,13H2,1H3/t10-/m0/s1. The van der Waals surface area contributed by atoms with E-state index in [0.29, 0.717) is 18.8 Å². The summed E-state index contributed by atoms with van der Waals surface area (Å²) in [5.74, 6) is 0.802. The second kappa shape index (κ2) is 4.61. The molecule has 0 bridgehead atoms. The molecule has 3 N–H and O–H groups in total. The van der Waals surface area contributed by atoms with Crippen molar-refractivity contribution in [3.05, 3.63) is 18.2 Å². The molecule has 4 heteroatoms. The van der Waals surface area contributed by atoms with Gasteiger partial charge in [0.2, 0.25) is 0 Å². The van der Waals surface area contributed by atoms with Gasteiger partial charge in [-0.15, -0.1) is 0 Å². The van der Waals surface area contributed by atoms with Crippen molar-refractivity contribution in [1.29, 1.82) is 0 Å². The number of hydrogen-bond acceptors (Lipinski definition) is 4. The molecule has 1 aromatic carbocycles. The second-order valence-corrected chi connectivity index (χ2v) is 4.05. The van der Waals surface area contributed by atoms with Crippen LogP contribution in [0.2, 0.25) is 0 Å². The third kappa shape index (κ3) is 2.22. The Hall–Kier alpha value is -1.42. The number of rotatable bonds is 3. The topological polar surface area (TPSA) is 58.7 Å². The molecular weight excluding hydrogens is 204 g/mol. The molecule has 1 atom stereocenters. The zero-order valence-corrected chi connectivity index (χ0v) is 9.52. The maximum atomic E-state index is 9.53. The van der Waals surface area contributed by atoms with Crippen LogP contribution < -0.4 is 15.4 Å². The number of nitrogen functional groups attached to an aromatic ring is 1. The van der Waals surface area contributed by atoms with Gasteiger partial charge in [0.1, 0.15) is 5.75 Å². The zero-order valence-electron chi connectivity index (χ0n) is 9.52. The van der Waals surface area contributed by atoms with Crippen LogP contribution in [0.1, 0.15) is 13.3 Å². The molecule has 0 aromatic heterocycles. The maximum absolute atomic E-state index is 9.53. The average molecular weight is 222 g/mol. The number of β-amino-alcohol motifs (C(OH)–C–C–N with tert-alkyl or cyclic N) is 1. The monoisotopic (exact) mass is 222 g/mol. The third-order valence-corrected chi connectivity index (χ3v) is 2.79. The molecule has 1 saturated heterocycles. The molecule has 1 heterocycles. The predicted molar refractivity (Wildman–Crippen MR) is 64.9 cm³/mol. The molecule has 0 spiro atoms. The highest BCUT2D eigenvalue weighted by Crippen LogP contribution is 2.32. The normalized spacial score (nSPS) is 20.1. The summed E-state index contributed by atoms with van der Waals surface area (Å²) in [6.45, 7) is 4.10. The van der Waals surface area contributed by atoms with Crippen molar-refractivity contribution in [2.45, 2.75) is 19.4 Å². The first-order chi connectivity index (χ1) is 7.70. The number of anilines is 2. The highest BCUT2D eigenvalue weighted by atomic mass is 16.5. The minimum atomic E-state index is -0.230. The fourth-order valence-electron chi connectivity index (χ4n) is 2.02. The van der Waals surface area contributed by atoms with Crippen molar-refractivity contribution in [1.82, 2.24) is 0 Å². The van der Waals surface area contributed by atoms with Crippen LogP contribution in [0, 0.1) is 0 Å². The van der Waals surface area contributed by atoms with Crippen molar-refractivity contribution < 1.29 is 9.84 Å². The van der Waals surface area contributed by atoms with Gasteiger partial charge < -0.3 is 20.5 Å². The van der Waals surface area contributed by atoms with Crippen molar-refractivity contribution in [3.8, 4) is 5.75 Å². The lowest BCUT2D eigenvalue weighted by molar-refractivity contribution is 0.198. The highest BCUT2D eigenvalue weighted by Gasteiger charge is 2.22. The van der Waals surface area contributed by atoms with E-state index in [1.54, 1.807) is 0 Å². The van der Waals surface area contributed by atoms with Crippen LogP contribution >= 0.6 is 0 Å². The maximum Gasteiger partial charge on any atom is 0.144 e. The Balaban J connectivity index is 2.25. The van der Waals surface area contributed by atoms with Gasteiger partial charge in [0.05, 0.1) is 18.4 Å².